The highest BCUT2D eigenvalue weighted by Gasteiger charge is 2.39. The maximum absolute atomic E-state index is 9.90. The summed E-state index contributed by atoms with van der Waals surface area (Å²) in [6.45, 7) is 2.46. The maximum atomic E-state index is 9.90. The van der Waals surface area contributed by atoms with E-state index in [2.05, 4.69) is 4.98 Å². The summed E-state index contributed by atoms with van der Waals surface area (Å²) in [5.41, 5.74) is 0.584. The van der Waals surface area contributed by atoms with Crippen molar-refractivity contribution in [1.29, 1.82) is 0 Å². The molecule has 1 aliphatic heterocycles. The minimum atomic E-state index is -0.919. The molecular weight excluding hydrogens is 190 g/mol. The molecule has 0 amide bonds. The van der Waals surface area contributed by atoms with Crippen LogP contribution >= 0.6 is 11.6 Å². The number of hydrogen-bond donors (Lipinski definition) is 1. The highest BCUT2D eigenvalue weighted by molar-refractivity contribution is 6.30. The summed E-state index contributed by atoms with van der Waals surface area (Å²) in [7, 11) is 0. The second-order valence-corrected chi connectivity index (χ2v) is 3.67. The summed E-state index contributed by atoms with van der Waals surface area (Å²) in [6, 6.07) is 3.63. The van der Waals surface area contributed by atoms with Crippen LogP contribution in [0.25, 0.3) is 0 Å². The average molecular weight is 200 g/mol. The number of ether oxygens (including phenoxy) is 1. The van der Waals surface area contributed by atoms with E-state index in [1.54, 1.807) is 6.07 Å². The maximum Gasteiger partial charge on any atom is 0.139 e. The molecule has 0 radical (unpaired) electrons. The van der Waals surface area contributed by atoms with Gasteiger partial charge in [-0.2, -0.15) is 0 Å². The molecule has 0 aromatic carbocycles. The van der Waals surface area contributed by atoms with Crippen molar-refractivity contribution in [3.63, 3.8) is 0 Å². The fourth-order valence-electron chi connectivity index (χ4n) is 1.32. The molecule has 13 heavy (non-hydrogen) atoms. The monoisotopic (exact) mass is 199 g/mol. The van der Waals surface area contributed by atoms with Crippen molar-refractivity contribution in [2.45, 2.75) is 12.5 Å². The van der Waals surface area contributed by atoms with Crippen molar-refractivity contribution in [2.75, 3.05) is 13.2 Å². The smallest absolute Gasteiger partial charge is 0.139 e. The lowest BCUT2D eigenvalue weighted by molar-refractivity contribution is -0.184. The first-order valence-electron chi connectivity index (χ1n) is 4.05. The second kappa shape index (κ2) is 2.94. The van der Waals surface area contributed by atoms with Gasteiger partial charge in [0.05, 0.1) is 13.2 Å². The summed E-state index contributed by atoms with van der Waals surface area (Å²) >= 11 is 5.90. The van der Waals surface area contributed by atoms with E-state index in [1.807, 2.05) is 13.0 Å². The molecule has 0 unspecified atom stereocenters. The number of aromatic nitrogens is 1. The molecule has 2 rings (SSSR count). The van der Waals surface area contributed by atoms with Crippen LogP contribution in [-0.4, -0.2) is 23.3 Å². The van der Waals surface area contributed by atoms with Gasteiger partial charge in [0.25, 0.3) is 0 Å². The molecule has 3 nitrogen and oxygen atoms in total. The molecule has 0 atom stereocenters. The van der Waals surface area contributed by atoms with Crippen molar-refractivity contribution in [1.82, 2.24) is 4.98 Å². The highest BCUT2D eigenvalue weighted by atomic mass is 35.5. The lowest BCUT2D eigenvalue weighted by atomic mass is 9.93. The van der Waals surface area contributed by atoms with Crippen molar-refractivity contribution < 1.29 is 9.84 Å². The van der Waals surface area contributed by atoms with Crippen LogP contribution in [0.2, 0.25) is 5.15 Å². The quantitative estimate of drug-likeness (QED) is 0.693. The minimum absolute atomic E-state index is 0.303. The summed E-state index contributed by atoms with van der Waals surface area (Å²) in [6.07, 6.45) is 0. The van der Waals surface area contributed by atoms with Gasteiger partial charge in [-0.15, -0.1) is 0 Å². The Bertz CT molecular complexity index is 336. The van der Waals surface area contributed by atoms with E-state index in [0.29, 0.717) is 23.9 Å². The molecule has 0 spiro atoms. The molecule has 0 aliphatic carbocycles. The van der Waals surface area contributed by atoms with Crippen LogP contribution in [-0.2, 0) is 10.3 Å². The molecule has 1 aromatic heterocycles. The van der Waals surface area contributed by atoms with Gasteiger partial charge in [0, 0.05) is 11.3 Å². The summed E-state index contributed by atoms with van der Waals surface area (Å²) < 4.78 is 4.94. The van der Waals surface area contributed by atoms with Gasteiger partial charge in [0.2, 0.25) is 0 Å². The predicted molar refractivity (Wildman–Crippen MR) is 48.7 cm³/mol. The Morgan fingerprint density at radius 2 is 2.23 bits per heavy atom. The standard InChI is InChI=1S/C9H10ClNO2/c1-6-2-3-7(8(10)11-6)9(12)4-13-5-9/h2-3,12H,4-5H2,1H3. The largest absolute Gasteiger partial charge is 0.380 e. The van der Waals surface area contributed by atoms with E-state index in [-0.39, 0.29) is 0 Å². The van der Waals surface area contributed by atoms with Crippen LogP contribution in [0.3, 0.4) is 0 Å². The van der Waals surface area contributed by atoms with Crippen molar-refractivity contribution in [3.8, 4) is 0 Å². The summed E-state index contributed by atoms with van der Waals surface area (Å²) in [5.74, 6) is 0. The second-order valence-electron chi connectivity index (χ2n) is 3.32. The van der Waals surface area contributed by atoms with Gasteiger partial charge in [0.15, 0.2) is 0 Å². The molecule has 0 bridgehead atoms. The number of nitrogens with zero attached hydrogens (tertiary/aromatic N) is 1. The SMILES string of the molecule is Cc1ccc(C2(O)COC2)c(Cl)n1. The van der Waals surface area contributed by atoms with Gasteiger partial charge in [0.1, 0.15) is 10.8 Å². The lowest BCUT2D eigenvalue weighted by Crippen LogP contribution is -2.46. The molecule has 70 valence electrons. The topological polar surface area (TPSA) is 42.4 Å². The van der Waals surface area contributed by atoms with Gasteiger partial charge in [-0.1, -0.05) is 17.7 Å². The average Bonchev–Trinajstić information content (AvgIpc) is 2.00. The Morgan fingerprint density at radius 3 is 2.69 bits per heavy atom. The van der Waals surface area contributed by atoms with Gasteiger partial charge in [-0.05, 0) is 13.0 Å². The third-order valence-corrected chi connectivity index (χ3v) is 2.46. The van der Waals surface area contributed by atoms with Crippen molar-refractivity contribution in [3.05, 3.63) is 28.5 Å². The van der Waals surface area contributed by atoms with E-state index < -0.39 is 5.60 Å². The van der Waals surface area contributed by atoms with E-state index in [9.17, 15) is 5.11 Å². The van der Waals surface area contributed by atoms with Gasteiger partial charge in [-0.25, -0.2) is 4.98 Å². The molecule has 1 saturated heterocycles. The Kier molecular flexibility index (Phi) is 2.02. The van der Waals surface area contributed by atoms with E-state index >= 15 is 0 Å². The van der Waals surface area contributed by atoms with Crippen LogP contribution in [0.15, 0.2) is 12.1 Å². The van der Waals surface area contributed by atoms with Crippen LogP contribution in [0.4, 0.5) is 0 Å². The number of aryl methyl sites for hydroxylation is 1. The molecule has 1 N–H and O–H groups in total. The molecular formula is C9H10ClNO2. The summed E-state index contributed by atoms with van der Waals surface area (Å²) in [5, 5.41) is 10.3. The zero-order chi connectivity index (χ0) is 9.47. The first-order valence-corrected chi connectivity index (χ1v) is 4.43. The first-order chi connectivity index (χ1) is 6.12. The van der Waals surface area contributed by atoms with E-state index in [1.165, 1.54) is 0 Å². The Labute approximate surface area is 81.3 Å². The Hall–Kier alpha value is -0.640. The van der Waals surface area contributed by atoms with Gasteiger partial charge >= 0.3 is 0 Å². The highest BCUT2D eigenvalue weighted by Crippen LogP contribution is 2.33. The van der Waals surface area contributed by atoms with Gasteiger partial charge in [-0.3, -0.25) is 0 Å². The number of halogens is 1. The molecule has 2 heterocycles. The summed E-state index contributed by atoms with van der Waals surface area (Å²) in [4.78, 5) is 4.07. The van der Waals surface area contributed by atoms with E-state index in [0.717, 1.165) is 5.69 Å². The normalized spacial score (nSPS) is 19.6. The third kappa shape index (κ3) is 1.43. The molecule has 4 heteroatoms. The predicted octanol–water partition coefficient (Wildman–Crippen LogP) is 1.26. The van der Waals surface area contributed by atoms with Crippen LogP contribution in [0.5, 0.6) is 0 Å². The van der Waals surface area contributed by atoms with Crippen LogP contribution in [0, 0.1) is 6.92 Å². The fraction of sp³-hybridized carbons (Fsp3) is 0.444. The first kappa shape index (κ1) is 8.94. The van der Waals surface area contributed by atoms with Crippen molar-refractivity contribution >= 4 is 11.6 Å². The molecule has 1 fully saturated rings. The van der Waals surface area contributed by atoms with Crippen LogP contribution in [0.1, 0.15) is 11.3 Å². The number of hydrogen-bond acceptors (Lipinski definition) is 3. The Balaban J connectivity index is 2.40. The zero-order valence-electron chi connectivity index (χ0n) is 7.25. The number of pyridine rings is 1. The molecule has 0 saturated carbocycles. The van der Waals surface area contributed by atoms with Gasteiger partial charge < -0.3 is 9.84 Å². The number of rotatable bonds is 1. The molecule has 1 aliphatic rings. The van der Waals surface area contributed by atoms with Crippen molar-refractivity contribution in [2.24, 2.45) is 0 Å². The van der Waals surface area contributed by atoms with Crippen LogP contribution < -0.4 is 0 Å². The fourth-order valence-corrected chi connectivity index (χ4v) is 1.70. The minimum Gasteiger partial charge on any atom is -0.380 e. The third-order valence-electron chi connectivity index (χ3n) is 2.17. The zero-order valence-corrected chi connectivity index (χ0v) is 8.01. The number of aliphatic hydroxyl groups is 1. The Morgan fingerprint density at radius 1 is 1.54 bits per heavy atom. The lowest BCUT2D eigenvalue weighted by Gasteiger charge is -2.36. The molecule has 1 aromatic rings. The van der Waals surface area contributed by atoms with E-state index in [4.69, 9.17) is 16.3 Å².